The summed E-state index contributed by atoms with van der Waals surface area (Å²) < 4.78 is 36.3. The highest BCUT2D eigenvalue weighted by atomic mass is 32.2. The Morgan fingerprint density at radius 2 is 1.52 bits per heavy atom. The summed E-state index contributed by atoms with van der Waals surface area (Å²) >= 11 is 0. The Hall–Kier alpha value is -3.52. The fraction of sp³-hybridized carbons (Fsp3) is 0.130. The summed E-state index contributed by atoms with van der Waals surface area (Å²) in [4.78, 5) is 25.6. The van der Waals surface area contributed by atoms with Crippen LogP contribution in [0.4, 0.5) is 10.1 Å². The average Bonchev–Trinajstić information content (AvgIpc) is 2.74. The third kappa shape index (κ3) is 6.23. The monoisotopic (exact) mass is 440 g/mol. The number of benzene rings is 3. The van der Waals surface area contributed by atoms with Crippen LogP contribution in [0.1, 0.15) is 15.9 Å². The molecule has 0 saturated heterocycles. The van der Waals surface area contributed by atoms with Crippen molar-refractivity contribution < 1.29 is 22.4 Å². The molecule has 0 heterocycles. The third-order valence-corrected chi connectivity index (χ3v) is 5.69. The van der Waals surface area contributed by atoms with E-state index in [9.17, 15) is 22.4 Å². The molecule has 1 atom stereocenters. The molecule has 0 saturated carbocycles. The molecule has 0 aromatic heterocycles. The molecular formula is C23H21FN2O4S. The van der Waals surface area contributed by atoms with E-state index in [4.69, 9.17) is 0 Å². The Balaban J connectivity index is 1.78. The molecule has 0 bridgehead atoms. The van der Waals surface area contributed by atoms with Crippen LogP contribution >= 0.6 is 0 Å². The van der Waals surface area contributed by atoms with Crippen molar-refractivity contribution in [2.75, 3.05) is 11.6 Å². The van der Waals surface area contributed by atoms with E-state index in [1.54, 1.807) is 0 Å². The minimum atomic E-state index is -3.35. The molecule has 8 heteroatoms. The largest absolute Gasteiger partial charge is 0.340 e. The molecule has 0 aliphatic carbocycles. The molecule has 6 nitrogen and oxygen atoms in total. The third-order valence-electron chi connectivity index (χ3n) is 4.56. The van der Waals surface area contributed by atoms with E-state index < -0.39 is 33.5 Å². The molecule has 3 rings (SSSR count). The molecule has 0 radical (unpaired) electrons. The fourth-order valence-electron chi connectivity index (χ4n) is 2.92. The standard InChI is InChI=1S/C23H21FN2O4S/c1-31(29,30)20-13-11-19(12-14-20)25-23(28)21(15-16-5-3-2-4-6-16)26-22(27)17-7-9-18(24)10-8-17/h2-14,21H,15H2,1H3,(H,25,28)(H,26,27)/t21-/m0/s1. The number of rotatable bonds is 7. The molecule has 0 unspecified atom stereocenters. The SMILES string of the molecule is CS(=O)(=O)c1ccc(NC(=O)[C@H](Cc2ccccc2)NC(=O)c2ccc(F)cc2)cc1. The van der Waals surface area contributed by atoms with E-state index >= 15 is 0 Å². The Morgan fingerprint density at radius 3 is 2.10 bits per heavy atom. The predicted molar refractivity (Wildman–Crippen MR) is 116 cm³/mol. The molecular weight excluding hydrogens is 419 g/mol. The van der Waals surface area contributed by atoms with Crippen LogP contribution in [0.25, 0.3) is 0 Å². The first kappa shape index (κ1) is 22.2. The van der Waals surface area contributed by atoms with Crippen molar-refractivity contribution in [1.82, 2.24) is 5.32 Å². The molecule has 2 amide bonds. The van der Waals surface area contributed by atoms with Crippen molar-refractivity contribution in [3.8, 4) is 0 Å². The van der Waals surface area contributed by atoms with Gasteiger partial charge >= 0.3 is 0 Å². The lowest BCUT2D eigenvalue weighted by molar-refractivity contribution is -0.118. The normalized spacial score (nSPS) is 12.1. The molecule has 0 spiro atoms. The zero-order valence-electron chi connectivity index (χ0n) is 16.7. The average molecular weight is 440 g/mol. The molecule has 3 aromatic carbocycles. The van der Waals surface area contributed by atoms with E-state index in [1.807, 2.05) is 30.3 Å². The lowest BCUT2D eigenvalue weighted by Gasteiger charge is -2.19. The number of nitrogens with one attached hydrogen (secondary N) is 2. The van der Waals surface area contributed by atoms with Crippen molar-refractivity contribution in [2.24, 2.45) is 0 Å². The molecule has 160 valence electrons. The van der Waals surface area contributed by atoms with Crippen LogP contribution in [0.5, 0.6) is 0 Å². The smallest absolute Gasteiger partial charge is 0.251 e. The Morgan fingerprint density at radius 1 is 0.903 bits per heavy atom. The minimum Gasteiger partial charge on any atom is -0.340 e. The van der Waals surface area contributed by atoms with E-state index in [1.165, 1.54) is 48.5 Å². The first-order valence-corrected chi connectivity index (χ1v) is 11.3. The number of sulfone groups is 1. The second kappa shape index (κ2) is 9.53. The first-order chi connectivity index (χ1) is 14.7. The molecule has 0 aliphatic heterocycles. The van der Waals surface area contributed by atoms with Crippen LogP contribution in [0.3, 0.4) is 0 Å². The topological polar surface area (TPSA) is 92.3 Å². The summed E-state index contributed by atoms with van der Waals surface area (Å²) in [6.07, 6.45) is 1.34. The van der Waals surface area contributed by atoms with Crippen LogP contribution in [0, 0.1) is 5.82 Å². The van der Waals surface area contributed by atoms with Crippen molar-refractivity contribution in [3.05, 3.63) is 95.8 Å². The summed E-state index contributed by atoms with van der Waals surface area (Å²) in [5.74, 6) is -1.44. The Labute approximate surface area is 180 Å². The Bertz CT molecular complexity index is 1160. The molecule has 0 fully saturated rings. The van der Waals surface area contributed by atoms with Gasteiger partial charge in [0.15, 0.2) is 9.84 Å². The van der Waals surface area contributed by atoms with E-state index in [-0.39, 0.29) is 16.9 Å². The summed E-state index contributed by atoms with van der Waals surface area (Å²) in [5.41, 5.74) is 1.46. The van der Waals surface area contributed by atoms with Crippen LogP contribution in [-0.4, -0.2) is 32.5 Å². The van der Waals surface area contributed by atoms with Gasteiger partial charge in [0, 0.05) is 23.9 Å². The summed E-state index contributed by atoms with van der Waals surface area (Å²) in [7, 11) is -3.35. The lowest BCUT2D eigenvalue weighted by atomic mass is 10.0. The van der Waals surface area contributed by atoms with Gasteiger partial charge in [-0.25, -0.2) is 12.8 Å². The van der Waals surface area contributed by atoms with E-state index in [0.717, 1.165) is 11.8 Å². The highest BCUT2D eigenvalue weighted by Gasteiger charge is 2.22. The summed E-state index contributed by atoms with van der Waals surface area (Å²) in [5, 5.41) is 5.39. The summed E-state index contributed by atoms with van der Waals surface area (Å²) in [6.45, 7) is 0. The highest BCUT2D eigenvalue weighted by molar-refractivity contribution is 7.90. The van der Waals surface area contributed by atoms with Crippen LogP contribution in [0.2, 0.25) is 0 Å². The van der Waals surface area contributed by atoms with Gasteiger partial charge in [0.2, 0.25) is 5.91 Å². The van der Waals surface area contributed by atoms with Gasteiger partial charge in [-0.2, -0.15) is 0 Å². The van der Waals surface area contributed by atoms with Gasteiger partial charge < -0.3 is 10.6 Å². The summed E-state index contributed by atoms with van der Waals surface area (Å²) in [6, 6.07) is 19.1. The number of anilines is 1. The fourth-order valence-corrected chi connectivity index (χ4v) is 3.55. The molecule has 0 aliphatic rings. The molecule has 31 heavy (non-hydrogen) atoms. The molecule has 3 aromatic rings. The second-order valence-electron chi connectivity index (χ2n) is 7.01. The van der Waals surface area contributed by atoms with Crippen molar-refractivity contribution >= 4 is 27.3 Å². The Kier molecular flexibility index (Phi) is 6.81. The maximum Gasteiger partial charge on any atom is 0.251 e. The van der Waals surface area contributed by atoms with Crippen LogP contribution in [-0.2, 0) is 21.1 Å². The van der Waals surface area contributed by atoms with Gasteiger partial charge in [-0.15, -0.1) is 0 Å². The highest BCUT2D eigenvalue weighted by Crippen LogP contribution is 2.15. The number of halogens is 1. The zero-order chi connectivity index (χ0) is 22.4. The number of carbonyl (C=O) groups is 2. The lowest BCUT2D eigenvalue weighted by Crippen LogP contribution is -2.45. The maximum absolute atomic E-state index is 13.1. The number of amides is 2. The van der Waals surface area contributed by atoms with Crippen LogP contribution < -0.4 is 10.6 Å². The number of hydrogen-bond donors (Lipinski definition) is 2. The van der Waals surface area contributed by atoms with E-state index in [0.29, 0.717) is 5.69 Å². The van der Waals surface area contributed by atoms with Gasteiger partial charge in [-0.3, -0.25) is 9.59 Å². The predicted octanol–water partition coefficient (Wildman–Crippen LogP) is 3.21. The van der Waals surface area contributed by atoms with Crippen molar-refractivity contribution in [2.45, 2.75) is 17.4 Å². The quantitative estimate of drug-likeness (QED) is 0.590. The van der Waals surface area contributed by atoms with Gasteiger partial charge in [-0.1, -0.05) is 30.3 Å². The minimum absolute atomic E-state index is 0.135. The van der Waals surface area contributed by atoms with Crippen molar-refractivity contribution in [1.29, 1.82) is 0 Å². The van der Waals surface area contributed by atoms with Gasteiger partial charge in [-0.05, 0) is 54.1 Å². The zero-order valence-corrected chi connectivity index (χ0v) is 17.5. The van der Waals surface area contributed by atoms with Gasteiger partial charge in [0.05, 0.1) is 4.90 Å². The van der Waals surface area contributed by atoms with Crippen LogP contribution in [0.15, 0.2) is 83.8 Å². The molecule has 2 N–H and O–H groups in total. The number of hydrogen-bond acceptors (Lipinski definition) is 4. The van der Waals surface area contributed by atoms with Gasteiger partial charge in [0.25, 0.3) is 5.91 Å². The van der Waals surface area contributed by atoms with Gasteiger partial charge in [0.1, 0.15) is 11.9 Å². The second-order valence-corrected chi connectivity index (χ2v) is 9.02. The number of carbonyl (C=O) groups excluding carboxylic acids is 2. The van der Waals surface area contributed by atoms with Crippen molar-refractivity contribution in [3.63, 3.8) is 0 Å². The first-order valence-electron chi connectivity index (χ1n) is 9.44. The maximum atomic E-state index is 13.1. The van der Waals surface area contributed by atoms with E-state index in [2.05, 4.69) is 10.6 Å².